The number of quaternary nitrogens is 1. The molecule has 1 aromatic carbocycles. The number of hydrogen-bond acceptors (Lipinski definition) is 10. The maximum Gasteiger partial charge on any atom is 0.328 e. The van der Waals surface area contributed by atoms with Gasteiger partial charge in [0, 0.05) is 24.9 Å². The number of aryl methyl sites for hydroxylation is 1. The quantitative estimate of drug-likeness (QED) is 0.422. The molecule has 182 valence electrons. The van der Waals surface area contributed by atoms with Crippen LogP contribution in [0.5, 0.6) is 0 Å². The lowest BCUT2D eigenvalue weighted by atomic mass is 10.2. The lowest BCUT2D eigenvalue weighted by molar-refractivity contribution is -0.655. The Hall–Kier alpha value is -3.77. The number of hydrogen-bond donors (Lipinski definition) is 3. The first-order valence-electron chi connectivity index (χ1n) is 11.0. The van der Waals surface area contributed by atoms with Crippen molar-refractivity contribution < 1.29 is 29.9 Å². The molecule has 3 heterocycles. The highest BCUT2D eigenvalue weighted by Gasteiger charge is 2.21. The number of morpholine rings is 1. The lowest BCUT2D eigenvalue weighted by Gasteiger charge is -2.29. The Bertz CT molecular complexity index is 935. The van der Waals surface area contributed by atoms with Gasteiger partial charge in [-0.2, -0.15) is 15.0 Å². The van der Waals surface area contributed by atoms with Crippen molar-refractivity contribution in [3.63, 3.8) is 0 Å². The van der Waals surface area contributed by atoms with Crippen molar-refractivity contribution in [1.29, 1.82) is 0 Å². The van der Waals surface area contributed by atoms with E-state index in [-0.39, 0.29) is 0 Å². The fourth-order valence-electron chi connectivity index (χ4n) is 3.31. The first-order chi connectivity index (χ1) is 16.4. The highest BCUT2D eigenvalue weighted by Crippen LogP contribution is 2.20. The Balaban J connectivity index is 0.000000350. The van der Waals surface area contributed by atoms with Crippen LogP contribution in [0.15, 0.2) is 36.4 Å². The monoisotopic (exact) mass is 471 g/mol. The molecule has 0 unspecified atom stereocenters. The number of anilines is 4. The minimum atomic E-state index is -1.51. The first kappa shape index (κ1) is 24.9. The van der Waals surface area contributed by atoms with Gasteiger partial charge in [0.25, 0.3) is 0 Å². The SMILES string of the molecule is Cc1ccc(Nc2nc(N3CC[NH2+]CC3)nc(N3CCOCC3)n2)cc1.O=C([O-])/C=C/C(=O)O. The molecule has 2 aliphatic heterocycles. The molecule has 0 spiro atoms. The summed E-state index contributed by atoms with van der Waals surface area (Å²) >= 11 is 0. The van der Waals surface area contributed by atoms with E-state index < -0.39 is 11.9 Å². The second kappa shape index (κ2) is 12.5. The molecule has 2 aliphatic rings. The van der Waals surface area contributed by atoms with Gasteiger partial charge in [-0.15, -0.1) is 0 Å². The van der Waals surface area contributed by atoms with Gasteiger partial charge in [-0.05, 0) is 25.1 Å². The molecule has 12 heteroatoms. The summed E-state index contributed by atoms with van der Waals surface area (Å²) < 4.78 is 5.46. The Kier molecular flexibility index (Phi) is 9.12. The van der Waals surface area contributed by atoms with Crippen LogP contribution in [0.3, 0.4) is 0 Å². The van der Waals surface area contributed by atoms with Gasteiger partial charge < -0.3 is 40.2 Å². The van der Waals surface area contributed by atoms with E-state index in [0.717, 1.165) is 56.9 Å². The number of nitrogens with one attached hydrogen (secondary N) is 1. The summed E-state index contributed by atoms with van der Waals surface area (Å²) in [4.78, 5) is 37.5. The third-order valence-corrected chi connectivity index (χ3v) is 5.06. The highest BCUT2D eigenvalue weighted by molar-refractivity contribution is 5.88. The largest absolute Gasteiger partial charge is 0.545 e. The van der Waals surface area contributed by atoms with Crippen molar-refractivity contribution >= 4 is 35.5 Å². The molecule has 0 aliphatic carbocycles. The normalized spacial score (nSPS) is 16.0. The number of aliphatic carboxylic acids is 2. The number of nitrogens with zero attached hydrogens (tertiary/aromatic N) is 5. The van der Waals surface area contributed by atoms with Crippen molar-refractivity contribution in [3.05, 3.63) is 42.0 Å². The molecule has 4 rings (SSSR count). The van der Waals surface area contributed by atoms with E-state index in [1.165, 1.54) is 5.56 Å². The molecule has 2 aromatic rings. The van der Waals surface area contributed by atoms with Crippen molar-refractivity contribution in [1.82, 2.24) is 15.0 Å². The predicted octanol–water partition coefficient (Wildman–Crippen LogP) is -1.48. The van der Waals surface area contributed by atoms with Crippen molar-refractivity contribution in [3.8, 4) is 0 Å². The number of benzene rings is 1. The van der Waals surface area contributed by atoms with Crippen LogP contribution in [0, 0.1) is 6.92 Å². The first-order valence-corrected chi connectivity index (χ1v) is 11.0. The van der Waals surface area contributed by atoms with Crippen molar-refractivity contribution in [2.24, 2.45) is 0 Å². The second-order valence-electron chi connectivity index (χ2n) is 7.69. The van der Waals surface area contributed by atoms with Crippen LogP contribution in [0.4, 0.5) is 23.5 Å². The standard InChI is InChI=1S/C18H25N7O.C4H4O4/c1-14-2-4-15(5-3-14)20-16-21-17(24-8-6-19-7-9-24)23-18(22-16)25-10-12-26-13-11-25;5-3(6)1-2-4(7)8/h2-5,19H,6-13H2,1H3,(H,20,21,22,23);1-2H,(H,5,6)(H,7,8)/b;2-1+. The third kappa shape index (κ3) is 7.98. The molecule has 34 heavy (non-hydrogen) atoms. The molecular weight excluding hydrogens is 442 g/mol. The van der Waals surface area contributed by atoms with Gasteiger partial charge in [-0.3, -0.25) is 0 Å². The molecular formula is C22H29N7O5. The Labute approximate surface area is 197 Å². The molecule has 0 bridgehead atoms. The number of rotatable bonds is 6. The highest BCUT2D eigenvalue weighted by atomic mass is 16.5. The number of carboxylic acid groups (broad SMARTS) is 2. The summed E-state index contributed by atoms with van der Waals surface area (Å²) in [7, 11) is 0. The molecule has 0 radical (unpaired) electrons. The maximum absolute atomic E-state index is 9.53. The van der Waals surface area contributed by atoms with Crippen molar-refractivity contribution in [2.75, 3.05) is 67.6 Å². The van der Waals surface area contributed by atoms with Crippen LogP contribution in [-0.4, -0.2) is 84.5 Å². The zero-order chi connectivity index (χ0) is 24.3. The Morgan fingerprint density at radius 3 is 2.12 bits per heavy atom. The second-order valence-corrected chi connectivity index (χ2v) is 7.69. The number of nitrogens with two attached hydrogens (primary N) is 1. The number of piperazine rings is 1. The van der Waals surface area contributed by atoms with E-state index in [0.29, 0.717) is 31.3 Å². The molecule has 2 fully saturated rings. The van der Waals surface area contributed by atoms with E-state index in [9.17, 15) is 14.7 Å². The summed E-state index contributed by atoms with van der Waals surface area (Å²) in [6.45, 7) is 9.16. The van der Waals surface area contributed by atoms with Crippen LogP contribution in [0.2, 0.25) is 0 Å². The molecule has 0 amide bonds. The Morgan fingerprint density at radius 2 is 1.59 bits per heavy atom. The summed E-state index contributed by atoms with van der Waals surface area (Å²) in [5, 5.41) is 22.9. The van der Waals surface area contributed by atoms with Gasteiger partial charge in [0.2, 0.25) is 17.8 Å². The summed E-state index contributed by atoms with van der Waals surface area (Å²) in [5.41, 5.74) is 2.21. The van der Waals surface area contributed by atoms with Gasteiger partial charge in [0.1, 0.15) is 0 Å². The van der Waals surface area contributed by atoms with Crippen LogP contribution in [0.1, 0.15) is 5.56 Å². The van der Waals surface area contributed by atoms with Gasteiger partial charge in [0.05, 0.1) is 45.4 Å². The van der Waals surface area contributed by atoms with Crippen LogP contribution in [0.25, 0.3) is 0 Å². The van der Waals surface area contributed by atoms with E-state index in [4.69, 9.17) is 19.8 Å². The molecule has 1 aromatic heterocycles. The van der Waals surface area contributed by atoms with E-state index in [1.807, 2.05) is 12.1 Å². The average molecular weight is 472 g/mol. The molecule has 4 N–H and O–H groups in total. The summed E-state index contributed by atoms with van der Waals surface area (Å²) in [5.74, 6) is -0.733. The van der Waals surface area contributed by atoms with E-state index in [1.54, 1.807) is 0 Å². The summed E-state index contributed by atoms with van der Waals surface area (Å²) in [6, 6.07) is 8.24. The van der Waals surface area contributed by atoms with E-state index >= 15 is 0 Å². The maximum atomic E-state index is 9.53. The third-order valence-electron chi connectivity index (χ3n) is 5.06. The smallest absolute Gasteiger partial charge is 0.328 e. The zero-order valence-electron chi connectivity index (χ0n) is 19.0. The number of carbonyl (C=O) groups excluding carboxylic acids is 1. The van der Waals surface area contributed by atoms with Crippen LogP contribution >= 0.6 is 0 Å². The Morgan fingerprint density at radius 1 is 1.00 bits per heavy atom. The minimum Gasteiger partial charge on any atom is -0.545 e. The van der Waals surface area contributed by atoms with E-state index in [2.05, 4.69) is 44.5 Å². The van der Waals surface area contributed by atoms with Gasteiger partial charge in [-0.25, -0.2) is 4.79 Å². The van der Waals surface area contributed by atoms with Crippen LogP contribution in [-0.2, 0) is 14.3 Å². The van der Waals surface area contributed by atoms with Gasteiger partial charge in [-0.1, -0.05) is 17.7 Å². The number of carbonyl (C=O) groups is 2. The molecule has 0 atom stereocenters. The fourth-order valence-corrected chi connectivity index (χ4v) is 3.31. The molecule has 2 saturated heterocycles. The fraction of sp³-hybridized carbons (Fsp3) is 0.409. The van der Waals surface area contributed by atoms with Crippen molar-refractivity contribution in [2.45, 2.75) is 6.92 Å². The van der Waals surface area contributed by atoms with Gasteiger partial charge >= 0.3 is 5.97 Å². The number of ether oxygens (including phenoxy) is 1. The topological polar surface area (TPSA) is 160 Å². The minimum absolute atomic E-state index is 0.447. The lowest BCUT2D eigenvalue weighted by Crippen LogP contribution is -2.89. The van der Waals surface area contributed by atoms with Crippen LogP contribution < -0.4 is 25.5 Å². The number of carboxylic acids is 2. The number of aromatic nitrogens is 3. The summed E-state index contributed by atoms with van der Waals surface area (Å²) in [6.07, 6.45) is 0.942. The average Bonchev–Trinajstić information content (AvgIpc) is 2.85. The molecule has 0 saturated carbocycles. The molecule has 12 nitrogen and oxygen atoms in total. The van der Waals surface area contributed by atoms with Gasteiger partial charge in [0.15, 0.2) is 0 Å². The zero-order valence-corrected chi connectivity index (χ0v) is 19.0. The predicted molar refractivity (Wildman–Crippen MR) is 123 cm³/mol.